The Bertz CT molecular complexity index is 604. The number of nitrogens with one attached hydrogen (secondary N) is 1. The predicted molar refractivity (Wildman–Crippen MR) is 78.9 cm³/mol. The molecule has 2 aromatic rings. The summed E-state index contributed by atoms with van der Waals surface area (Å²) in [6.45, 7) is 6.44. The van der Waals surface area contributed by atoms with Gasteiger partial charge in [0.25, 0.3) is 0 Å². The smallest absolute Gasteiger partial charge is 0.120 e. The molecule has 0 radical (unpaired) electrons. The van der Waals surface area contributed by atoms with Gasteiger partial charge in [0.05, 0.1) is 12.3 Å². The van der Waals surface area contributed by atoms with Crippen LogP contribution in [0.25, 0.3) is 0 Å². The Balaban J connectivity index is 1.90. The van der Waals surface area contributed by atoms with Crippen molar-refractivity contribution >= 4 is 0 Å². The number of rotatable bonds is 3. The van der Waals surface area contributed by atoms with Gasteiger partial charge in [0.2, 0.25) is 0 Å². The Morgan fingerprint density at radius 1 is 1.30 bits per heavy atom. The van der Waals surface area contributed by atoms with E-state index in [0.717, 1.165) is 17.7 Å². The second-order valence-corrected chi connectivity index (χ2v) is 5.82. The molecule has 20 heavy (non-hydrogen) atoms. The summed E-state index contributed by atoms with van der Waals surface area (Å²) in [5.41, 5.74) is 3.63. The molecule has 0 saturated carbocycles. The topological polar surface area (TPSA) is 45.4 Å². The van der Waals surface area contributed by atoms with Crippen molar-refractivity contribution in [2.24, 2.45) is 0 Å². The SMILES string of the molecule is Cc1ccc(O)c2c1C(C)CC2N[C@@H](C)c1ccco1. The van der Waals surface area contributed by atoms with Crippen LogP contribution in [0.5, 0.6) is 5.75 Å². The molecule has 3 nitrogen and oxygen atoms in total. The van der Waals surface area contributed by atoms with Crippen molar-refractivity contribution in [3.05, 3.63) is 53.0 Å². The number of fused-ring (bicyclic) bond motifs is 1. The normalized spacial score (nSPS) is 22.8. The van der Waals surface area contributed by atoms with Gasteiger partial charge in [0, 0.05) is 11.6 Å². The van der Waals surface area contributed by atoms with Crippen molar-refractivity contribution in [3.63, 3.8) is 0 Å². The van der Waals surface area contributed by atoms with Gasteiger partial charge in [-0.2, -0.15) is 0 Å². The molecular weight excluding hydrogens is 250 g/mol. The van der Waals surface area contributed by atoms with Crippen LogP contribution < -0.4 is 5.32 Å². The summed E-state index contributed by atoms with van der Waals surface area (Å²) in [7, 11) is 0. The summed E-state index contributed by atoms with van der Waals surface area (Å²) in [5, 5.41) is 13.8. The molecule has 0 saturated heterocycles. The monoisotopic (exact) mass is 271 g/mol. The Morgan fingerprint density at radius 2 is 2.10 bits per heavy atom. The van der Waals surface area contributed by atoms with E-state index in [1.165, 1.54) is 11.1 Å². The minimum Gasteiger partial charge on any atom is -0.508 e. The number of hydrogen-bond acceptors (Lipinski definition) is 3. The van der Waals surface area contributed by atoms with Gasteiger partial charge in [-0.3, -0.25) is 0 Å². The summed E-state index contributed by atoms with van der Waals surface area (Å²) >= 11 is 0. The quantitative estimate of drug-likeness (QED) is 0.879. The molecule has 0 amide bonds. The zero-order valence-electron chi connectivity index (χ0n) is 12.2. The highest BCUT2D eigenvalue weighted by atomic mass is 16.3. The highest BCUT2D eigenvalue weighted by Crippen LogP contribution is 2.46. The zero-order chi connectivity index (χ0) is 14.3. The largest absolute Gasteiger partial charge is 0.508 e. The number of phenols is 1. The van der Waals surface area contributed by atoms with Gasteiger partial charge in [0.15, 0.2) is 0 Å². The van der Waals surface area contributed by atoms with E-state index >= 15 is 0 Å². The zero-order valence-corrected chi connectivity index (χ0v) is 12.2. The molecular formula is C17H21NO2. The number of benzene rings is 1. The maximum atomic E-state index is 10.2. The molecule has 1 aromatic carbocycles. The van der Waals surface area contributed by atoms with Crippen LogP contribution >= 0.6 is 0 Å². The van der Waals surface area contributed by atoms with E-state index in [-0.39, 0.29) is 12.1 Å². The summed E-state index contributed by atoms with van der Waals surface area (Å²) in [6.07, 6.45) is 2.71. The average Bonchev–Trinajstić information content (AvgIpc) is 3.03. The molecule has 3 heteroatoms. The number of aromatic hydroxyl groups is 1. The highest BCUT2D eigenvalue weighted by molar-refractivity contribution is 5.51. The number of hydrogen-bond donors (Lipinski definition) is 2. The third-order valence-electron chi connectivity index (χ3n) is 4.33. The number of furan rings is 1. The molecule has 0 spiro atoms. The Labute approximate surface area is 119 Å². The first-order chi connectivity index (χ1) is 9.58. The van der Waals surface area contributed by atoms with Crippen molar-refractivity contribution in [1.29, 1.82) is 0 Å². The third kappa shape index (κ3) is 2.12. The summed E-state index contributed by atoms with van der Waals surface area (Å²) < 4.78 is 5.45. The van der Waals surface area contributed by atoms with Crippen molar-refractivity contribution in [3.8, 4) is 5.75 Å². The molecule has 106 valence electrons. The summed E-state index contributed by atoms with van der Waals surface area (Å²) in [5.74, 6) is 1.80. The van der Waals surface area contributed by atoms with Gasteiger partial charge in [0.1, 0.15) is 11.5 Å². The average molecular weight is 271 g/mol. The fourth-order valence-electron chi connectivity index (χ4n) is 3.42. The minimum absolute atomic E-state index is 0.132. The molecule has 3 atom stereocenters. The molecule has 3 rings (SSSR count). The minimum atomic E-state index is 0.132. The molecule has 1 aliphatic carbocycles. The summed E-state index contributed by atoms with van der Waals surface area (Å²) in [4.78, 5) is 0. The number of aryl methyl sites for hydroxylation is 1. The molecule has 1 aromatic heterocycles. The van der Waals surface area contributed by atoms with Crippen molar-refractivity contribution in [2.75, 3.05) is 0 Å². The number of phenolic OH excluding ortho intramolecular Hbond substituents is 1. The van der Waals surface area contributed by atoms with Crippen LogP contribution in [0, 0.1) is 6.92 Å². The van der Waals surface area contributed by atoms with E-state index in [2.05, 4.69) is 26.1 Å². The Morgan fingerprint density at radius 3 is 2.80 bits per heavy atom. The molecule has 2 N–H and O–H groups in total. The maximum absolute atomic E-state index is 10.2. The van der Waals surface area contributed by atoms with Gasteiger partial charge >= 0.3 is 0 Å². The molecule has 0 aliphatic heterocycles. The maximum Gasteiger partial charge on any atom is 0.120 e. The molecule has 1 aliphatic rings. The van der Waals surface area contributed by atoms with E-state index < -0.39 is 0 Å². The second kappa shape index (κ2) is 4.98. The Kier molecular flexibility index (Phi) is 3.30. The first-order valence-corrected chi connectivity index (χ1v) is 7.19. The summed E-state index contributed by atoms with van der Waals surface area (Å²) in [6, 6.07) is 8.00. The van der Waals surface area contributed by atoms with E-state index in [9.17, 15) is 5.11 Å². The van der Waals surface area contributed by atoms with Crippen LogP contribution in [0.3, 0.4) is 0 Å². The third-order valence-corrected chi connectivity index (χ3v) is 4.33. The predicted octanol–water partition coefficient (Wildman–Crippen LogP) is 4.19. The lowest BCUT2D eigenvalue weighted by atomic mass is 9.97. The highest BCUT2D eigenvalue weighted by Gasteiger charge is 2.33. The van der Waals surface area contributed by atoms with Crippen molar-refractivity contribution < 1.29 is 9.52 Å². The van der Waals surface area contributed by atoms with E-state index in [4.69, 9.17) is 4.42 Å². The fourth-order valence-corrected chi connectivity index (χ4v) is 3.42. The van der Waals surface area contributed by atoms with E-state index in [1.54, 1.807) is 12.3 Å². The van der Waals surface area contributed by atoms with E-state index in [1.807, 2.05) is 18.2 Å². The van der Waals surface area contributed by atoms with Crippen LogP contribution in [0.15, 0.2) is 34.9 Å². The van der Waals surface area contributed by atoms with Crippen LogP contribution in [0.1, 0.15) is 60.7 Å². The van der Waals surface area contributed by atoms with Crippen molar-refractivity contribution in [2.45, 2.75) is 45.2 Å². The Hall–Kier alpha value is -1.74. The lowest BCUT2D eigenvalue weighted by Crippen LogP contribution is -2.22. The van der Waals surface area contributed by atoms with Crippen LogP contribution in [-0.4, -0.2) is 5.11 Å². The first kappa shape index (κ1) is 13.3. The molecule has 2 unspecified atom stereocenters. The van der Waals surface area contributed by atoms with Crippen molar-refractivity contribution in [1.82, 2.24) is 5.32 Å². The van der Waals surface area contributed by atoms with Gasteiger partial charge in [-0.25, -0.2) is 0 Å². The second-order valence-electron chi connectivity index (χ2n) is 5.82. The molecule has 0 bridgehead atoms. The lowest BCUT2D eigenvalue weighted by Gasteiger charge is -2.20. The van der Waals surface area contributed by atoms with Gasteiger partial charge in [-0.15, -0.1) is 0 Å². The molecule has 1 heterocycles. The lowest BCUT2D eigenvalue weighted by molar-refractivity contribution is 0.377. The van der Waals surface area contributed by atoms with Gasteiger partial charge in [-0.05, 0) is 55.5 Å². The van der Waals surface area contributed by atoms with Crippen LogP contribution in [-0.2, 0) is 0 Å². The van der Waals surface area contributed by atoms with Crippen LogP contribution in [0.2, 0.25) is 0 Å². The first-order valence-electron chi connectivity index (χ1n) is 7.19. The fraction of sp³-hybridized carbons (Fsp3) is 0.412. The molecule has 0 fully saturated rings. The van der Waals surface area contributed by atoms with E-state index in [0.29, 0.717) is 11.7 Å². The standard InChI is InChI=1S/C17H21NO2/c1-10-6-7-14(19)17-13(9-11(2)16(10)17)18-12(3)15-5-4-8-20-15/h4-8,11-13,18-19H,9H2,1-3H3/t11?,12-,13?/m0/s1. The van der Waals surface area contributed by atoms with Crippen LogP contribution in [0.4, 0.5) is 0 Å². The van der Waals surface area contributed by atoms with Gasteiger partial charge < -0.3 is 14.8 Å². The van der Waals surface area contributed by atoms with Gasteiger partial charge in [-0.1, -0.05) is 13.0 Å².